The van der Waals surface area contributed by atoms with Crippen molar-refractivity contribution in [2.45, 2.75) is 52.9 Å². The van der Waals surface area contributed by atoms with E-state index >= 15 is 0 Å². The first-order valence-corrected chi connectivity index (χ1v) is 34.2. The van der Waals surface area contributed by atoms with E-state index in [0.29, 0.717) is 0 Å². The Morgan fingerprint density at radius 3 is 1.26 bits per heavy atom. The van der Waals surface area contributed by atoms with Crippen molar-refractivity contribution in [2.75, 3.05) is 37.4 Å². The number of nitrogens with two attached hydrogens (primary N) is 2. The van der Waals surface area contributed by atoms with Crippen LogP contribution in [0.15, 0.2) is 144 Å². The molecule has 0 saturated carbocycles. The number of anilines is 2. The van der Waals surface area contributed by atoms with E-state index in [0.717, 1.165) is 51.6 Å². The third kappa shape index (κ3) is 22.1. The molecule has 0 amide bonds. The molecule has 0 unspecified atom stereocenters. The zero-order valence-corrected chi connectivity index (χ0v) is 57.6. The van der Waals surface area contributed by atoms with Gasteiger partial charge in [0.15, 0.2) is 52.5 Å². The minimum Gasteiger partial charge on any atom is -0.808 e. The Morgan fingerprint density at radius 1 is 0.562 bits per heavy atom. The van der Waals surface area contributed by atoms with Crippen LogP contribution >= 0.6 is 38.4 Å². The summed E-state index contributed by atoms with van der Waals surface area (Å²) in [7, 11) is -9.47. The number of carbonyl (C=O) groups is 2. The summed E-state index contributed by atoms with van der Waals surface area (Å²) in [4.78, 5) is 83.4. The number of ketones is 2. The van der Waals surface area contributed by atoms with Crippen LogP contribution in [0.4, 0.5) is 29.2 Å². The maximum Gasteiger partial charge on any atom is 1.00 e. The first-order valence-electron chi connectivity index (χ1n) is 25.9. The summed E-state index contributed by atoms with van der Waals surface area (Å²) >= 11 is 12.1. The van der Waals surface area contributed by atoms with E-state index in [1.54, 1.807) is 13.8 Å². The van der Waals surface area contributed by atoms with E-state index in [1.165, 1.54) is 91.5 Å². The Kier molecular flexibility index (Phi) is 28.8. The van der Waals surface area contributed by atoms with Gasteiger partial charge in [-0.1, -0.05) is 61.5 Å². The fourth-order valence-electron chi connectivity index (χ4n) is 7.50. The summed E-state index contributed by atoms with van der Waals surface area (Å²) < 4.78 is 115. The number of hydrogen-bond acceptors (Lipinski definition) is 18. The van der Waals surface area contributed by atoms with Gasteiger partial charge in [-0.15, -0.1) is 0 Å². The molecule has 0 saturated heterocycles. The van der Waals surface area contributed by atoms with Crippen molar-refractivity contribution in [3.05, 3.63) is 210 Å². The molecular weight excluding hydrogens is 1290 g/mol. The molecular formula is C58H56Cl2F4N6Na2O14P2Si. The van der Waals surface area contributed by atoms with Crippen LogP contribution in [-0.4, -0.2) is 64.7 Å². The van der Waals surface area contributed by atoms with Crippen molar-refractivity contribution in [1.29, 1.82) is 0 Å². The SMILES string of the molecule is CCOP(=O)(COc1ccn(-c2ccc(F)cc2)c(=O)c1C(=O)Cc1ccc(Oc2ccnc(N)c2Cl)c(F)c1)OCC.C[Si](C)(C)C.Nc1nccc(Oc2ccc(CC(=O)c3c(OCP(=O)([O-])[O-])ccn(-c4ccc(F)cc4)c3=O)cc2F)c1Cl.[Na+].[Na+]. The molecule has 4 aromatic carbocycles. The van der Waals surface area contributed by atoms with Gasteiger partial charge in [0.05, 0.1) is 13.2 Å². The fraction of sp³-hybridized carbons (Fsp3) is 0.207. The van der Waals surface area contributed by atoms with Gasteiger partial charge in [0.1, 0.15) is 62.3 Å². The number of nitrogens with zero attached hydrogens (tertiary/aromatic N) is 4. The summed E-state index contributed by atoms with van der Waals surface area (Å²) in [6.07, 6.45) is 2.37. The minimum absolute atomic E-state index is 0. The summed E-state index contributed by atoms with van der Waals surface area (Å²) in [5.74, 6) is -5.27. The number of halogens is 6. The number of nitrogen functional groups attached to an aromatic ring is 2. The Labute approximate surface area is 563 Å². The zero-order chi connectivity index (χ0) is 64.0. The fourth-order valence-corrected chi connectivity index (χ4v) is 9.41. The molecule has 0 atom stereocenters. The smallest absolute Gasteiger partial charge is 0.808 e. The largest absolute Gasteiger partial charge is 1.00 e. The molecule has 0 aliphatic rings. The van der Waals surface area contributed by atoms with Gasteiger partial charge < -0.3 is 53.8 Å². The maximum absolute atomic E-state index is 15.0. The predicted octanol–water partition coefficient (Wildman–Crippen LogP) is 5.74. The van der Waals surface area contributed by atoms with Crippen LogP contribution in [0.1, 0.15) is 45.7 Å². The van der Waals surface area contributed by atoms with Gasteiger partial charge in [0.2, 0.25) is 0 Å². The van der Waals surface area contributed by atoms with Crippen LogP contribution in [-0.2, 0) is 31.0 Å². The standard InChI is InChI=1S/C29H27ClF2N3O7P.C25H19ClF2N3O7P.C4H12Si.2Na/c1-3-40-43(38,41-4-2)17-39-24-12-14-35(20-8-6-19(31)7-9-20)29(37)26(24)22(36)16-18-5-10-23(21(32)15-18)42-25-11-13-34-28(33)27(25)30;26-23-21(7-9-30-24(23)29)38-19-6-1-14(11-17(19)28)12-18(32)22-20(37-13-39(34,35)36)8-10-31(25(22)33)16-4-2-15(27)3-5-16;1-5(2,3)4;;/h5-15H,3-4,16-17H2,1-2H3,(H2,33,34);1-11H,12-13H2,(H2,29,30)(H2,34,35,36);1-4H3;;/q;;;2*+1/p-2. The van der Waals surface area contributed by atoms with E-state index < -0.39 is 112 Å². The van der Waals surface area contributed by atoms with Crippen LogP contribution in [0, 0.1) is 23.3 Å². The first kappa shape index (κ1) is 75.5. The van der Waals surface area contributed by atoms with E-state index in [9.17, 15) is 55.7 Å². The minimum atomic E-state index is -5.15. The normalized spacial score (nSPS) is 11.1. The van der Waals surface area contributed by atoms with Gasteiger partial charge in [0, 0.05) is 69.2 Å². The zero-order valence-electron chi connectivity index (χ0n) is 49.3. The molecule has 31 heteroatoms. The molecule has 0 aliphatic heterocycles. The third-order valence-electron chi connectivity index (χ3n) is 11.2. The topological polar surface area (TPSA) is 292 Å². The average molecular weight is 1340 g/mol. The summed E-state index contributed by atoms with van der Waals surface area (Å²) in [6, 6.07) is 22.4. The summed E-state index contributed by atoms with van der Waals surface area (Å²) in [5, 5.41) is -0.0145. The van der Waals surface area contributed by atoms with Crippen LogP contribution in [0.5, 0.6) is 34.5 Å². The Morgan fingerprint density at radius 2 is 0.921 bits per heavy atom. The van der Waals surface area contributed by atoms with E-state index in [-0.39, 0.29) is 145 Å². The number of ether oxygens (including phenoxy) is 4. The van der Waals surface area contributed by atoms with E-state index in [4.69, 9.17) is 62.7 Å². The van der Waals surface area contributed by atoms with E-state index in [1.807, 2.05) is 0 Å². The van der Waals surface area contributed by atoms with Gasteiger partial charge in [0.25, 0.3) is 11.1 Å². The van der Waals surface area contributed by atoms with Gasteiger partial charge in [-0.25, -0.2) is 27.5 Å². The van der Waals surface area contributed by atoms with E-state index in [2.05, 4.69) is 36.2 Å². The predicted molar refractivity (Wildman–Crippen MR) is 319 cm³/mol. The van der Waals surface area contributed by atoms with Gasteiger partial charge in [-0.3, -0.25) is 32.9 Å². The first-order chi connectivity index (χ1) is 41.0. The maximum atomic E-state index is 15.0. The second-order valence-corrected chi connectivity index (χ2v) is 30.2. The third-order valence-corrected chi connectivity index (χ3v) is 14.2. The van der Waals surface area contributed by atoms with Crippen molar-refractivity contribution in [3.63, 3.8) is 0 Å². The number of Topliss-reactive ketones (excluding diaryl/α,β-unsaturated/α-hetero) is 2. The van der Waals surface area contributed by atoms with Crippen molar-refractivity contribution in [2.24, 2.45) is 0 Å². The second-order valence-electron chi connectivity index (χ2n) is 20.0. The molecule has 8 rings (SSSR count). The molecule has 20 nitrogen and oxygen atoms in total. The molecule has 460 valence electrons. The number of benzene rings is 4. The molecule has 0 spiro atoms. The number of hydrogen-bond donors (Lipinski definition) is 2. The quantitative estimate of drug-likeness (QED) is 0.0354. The van der Waals surface area contributed by atoms with Crippen LogP contribution in [0.3, 0.4) is 0 Å². The molecule has 0 bridgehead atoms. The monoisotopic (exact) mass is 1340 g/mol. The van der Waals surface area contributed by atoms with Gasteiger partial charge in [-0.2, -0.15) is 0 Å². The molecule has 4 aromatic heterocycles. The molecule has 89 heavy (non-hydrogen) atoms. The van der Waals surface area contributed by atoms with Gasteiger partial charge in [-0.05, 0) is 117 Å². The van der Waals surface area contributed by atoms with Crippen LogP contribution in [0.2, 0.25) is 36.2 Å². The Bertz CT molecular complexity index is 4010. The molecule has 4 N–H and O–H groups in total. The molecule has 0 radical (unpaired) electrons. The number of rotatable bonds is 22. The second kappa shape index (κ2) is 33.9. The number of carbonyl (C=O) groups excluding carboxylic acids is 2. The molecule has 8 aromatic rings. The van der Waals surface area contributed by atoms with Crippen molar-refractivity contribution in [3.8, 4) is 45.9 Å². The summed E-state index contributed by atoms with van der Waals surface area (Å²) in [6.45, 7) is 12.7. The van der Waals surface area contributed by atoms with Crippen LogP contribution < -0.4 is 110 Å². The van der Waals surface area contributed by atoms with Crippen molar-refractivity contribution in [1.82, 2.24) is 19.1 Å². The van der Waals surface area contributed by atoms with Crippen molar-refractivity contribution >= 4 is 69.7 Å². The Hall–Kier alpha value is -5.96. The van der Waals surface area contributed by atoms with Gasteiger partial charge >= 0.3 is 66.7 Å². The Balaban J connectivity index is 0.000000347. The number of pyridine rings is 4. The molecule has 0 fully saturated rings. The summed E-state index contributed by atoms with van der Waals surface area (Å²) in [5.41, 5.74) is 9.39. The average Bonchev–Trinajstić information content (AvgIpc) is 1.01. The molecule has 4 heterocycles. The molecule has 0 aliphatic carbocycles. The van der Waals surface area contributed by atoms with Crippen molar-refractivity contribution < 1.29 is 133 Å². The number of aromatic nitrogens is 4. The van der Waals surface area contributed by atoms with Crippen LogP contribution in [0.25, 0.3) is 11.4 Å².